The number of ketones is 2. The van der Waals surface area contributed by atoms with Crippen molar-refractivity contribution in [2.75, 3.05) is 32.7 Å². The highest BCUT2D eigenvalue weighted by atomic mass is 16.1. The van der Waals surface area contributed by atoms with Crippen LogP contribution in [0.2, 0.25) is 0 Å². The molecular weight excluding hydrogens is 580 g/mol. The van der Waals surface area contributed by atoms with E-state index < -0.39 is 5.41 Å². The predicted molar refractivity (Wildman–Crippen MR) is 191 cm³/mol. The Morgan fingerprint density at radius 3 is 1.70 bits per heavy atom. The molecule has 1 N–H and O–H groups in total. The minimum Gasteiger partial charge on any atom is -0.317 e. The van der Waals surface area contributed by atoms with Crippen molar-refractivity contribution < 1.29 is 14.4 Å². The molecule has 4 aliphatic carbocycles. The van der Waals surface area contributed by atoms with E-state index in [1.165, 1.54) is 98.1 Å². The molecule has 5 nitrogen and oxygen atoms in total. The first kappa shape index (κ1) is 33.7. The Labute approximate surface area is 282 Å². The fraction of sp³-hybridized carbons (Fsp3) is 0.548. The summed E-state index contributed by atoms with van der Waals surface area (Å²) in [5, 5.41) is 3.28. The van der Waals surface area contributed by atoms with Gasteiger partial charge in [0.05, 0.1) is 0 Å². The van der Waals surface area contributed by atoms with Gasteiger partial charge in [0, 0.05) is 41.2 Å². The van der Waals surface area contributed by atoms with Crippen LogP contribution in [0.25, 0.3) is 11.1 Å². The zero-order valence-electron chi connectivity index (χ0n) is 28.8. The van der Waals surface area contributed by atoms with Gasteiger partial charge < -0.3 is 15.0 Å². The Morgan fingerprint density at radius 2 is 1.19 bits per heavy atom. The number of piperidine rings is 2. The van der Waals surface area contributed by atoms with Gasteiger partial charge in [0.1, 0.15) is 6.29 Å². The predicted octanol–water partition coefficient (Wildman–Crippen LogP) is 7.96. The molecule has 0 bridgehead atoms. The maximum absolute atomic E-state index is 13.2. The van der Waals surface area contributed by atoms with Gasteiger partial charge in [-0.3, -0.25) is 9.59 Å². The highest BCUT2D eigenvalue weighted by molar-refractivity contribution is 6.11. The summed E-state index contributed by atoms with van der Waals surface area (Å²) in [5.74, 6) is 0.624. The molecular formula is C42H54N2O3. The molecule has 0 spiro atoms. The van der Waals surface area contributed by atoms with Gasteiger partial charge in [0.15, 0.2) is 11.6 Å². The summed E-state index contributed by atoms with van der Waals surface area (Å²) >= 11 is 0. The van der Waals surface area contributed by atoms with Gasteiger partial charge in [0.25, 0.3) is 0 Å². The lowest BCUT2D eigenvalue weighted by atomic mass is 9.70. The summed E-state index contributed by atoms with van der Waals surface area (Å²) in [4.78, 5) is 39.1. The zero-order valence-corrected chi connectivity index (χ0v) is 28.8. The first-order chi connectivity index (χ1) is 22.8. The molecule has 2 fully saturated rings. The van der Waals surface area contributed by atoms with Crippen LogP contribution in [0.1, 0.15) is 113 Å². The van der Waals surface area contributed by atoms with E-state index >= 15 is 0 Å². The van der Waals surface area contributed by atoms with Crippen molar-refractivity contribution in [3.63, 3.8) is 0 Å². The van der Waals surface area contributed by atoms with Crippen LogP contribution in [0.15, 0.2) is 59.7 Å². The summed E-state index contributed by atoms with van der Waals surface area (Å²) in [6.07, 6.45) is 15.9. The molecule has 0 radical (unpaired) electrons. The number of nitrogens with zero attached hydrogens (tertiary/aromatic N) is 1. The average Bonchev–Trinajstić information content (AvgIpc) is 3.69. The number of nitrogens with one attached hydrogen (secondary N) is 1. The Morgan fingerprint density at radius 1 is 0.681 bits per heavy atom. The molecule has 2 aromatic rings. The molecule has 5 heteroatoms. The summed E-state index contributed by atoms with van der Waals surface area (Å²) in [5.41, 5.74) is 9.23. The molecule has 2 saturated heterocycles. The molecule has 47 heavy (non-hydrogen) atoms. The van der Waals surface area contributed by atoms with Crippen LogP contribution in [0.5, 0.6) is 0 Å². The van der Waals surface area contributed by atoms with Crippen molar-refractivity contribution in [3.8, 4) is 0 Å². The quantitative estimate of drug-likeness (QED) is 0.338. The lowest BCUT2D eigenvalue weighted by molar-refractivity contribution is -0.127. The van der Waals surface area contributed by atoms with E-state index in [1.807, 2.05) is 19.1 Å². The van der Waals surface area contributed by atoms with Crippen molar-refractivity contribution in [1.29, 1.82) is 0 Å². The van der Waals surface area contributed by atoms with E-state index in [2.05, 4.69) is 53.5 Å². The molecule has 250 valence electrons. The second-order valence-electron chi connectivity index (χ2n) is 15.2. The van der Waals surface area contributed by atoms with Crippen LogP contribution < -0.4 is 5.32 Å². The third-order valence-electron chi connectivity index (χ3n) is 11.8. The Balaban J connectivity index is 0.000000143. The normalized spacial score (nSPS) is 26.7. The molecule has 6 aliphatic rings. The Bertz CT molecular complexity index is 1530. The highest BCUT2D eigenvalue weighted by Crippen LogP contribution is 2.48. The number of aldehydes is 1. The number of benzene rings is 2. The van der Waals surface area contributed by atoms with Crippen molar-refractivity contribution in [3.05, 3.63) is 81.9 Å². The summed E-state index contributed by atoms with van der Waals surface area (Å²) in [6, 6.07) is 16.8. The number of fused-ring (bicyclic) bond motifs is 4. The SMILES string of the molecule is C1CCNCC1.CC1(CC=O)CCC2=C(Cc3ccccc32)C1=O.CC1(CCN2CCCCC2)CCC2=C(Cc3ccccc32)C1=O. The van der Waals surface area contributed by atoms with E-state index in [0.29, 0.717) is 12.2 Å². The standard InChI is InChI=1S/C21H27NO.C16H16O2.C5H11N/c1-21(11-14-22-12-5-2-6-13-22)10-9-18-17-8-4-3-7-16(17)15-19(18)20(21)23;1-16(8-9-17)7-6-13-12-5-3-2-4-11(12)10-14(13)15(16)18;1-2-4-6-5-3-1/h3-4,7-8H,2,5-6,9-15H2,1H3;2-5,9H,6-8,10H2,1H3;6H,1-5H2. The molecule has 2 atom stereocenters. The summed E-state index contributed by atoms with van der Waals surface area (Å²) in [7, 11) is 0. The van der Waals surface area contributed by atoms with Gasteiger partial charge in [0.2, 0.25) is 0 Å². The van der Waals surface area contributed by atoms with E-state index in [9.17, 15) is 14.4 Å². The molecule has 0 aromatic heterocycles. The van der Waals surface area contributed by atoms with Crippen LogP contribution >= 0.6 is 0 Å². The topological polar surface area (TPSA) is 66.5 Å². The van der Waals surface area contributed by atoms with E-state index in [0.717, 1.165) is 68.9 Å². The van der Waals surface area contributed by atoms with Gasteiger partial charge >= 0.3 is 0 Å². The number of hydrogen-bond donors (Lipinski definition) is 1. The van der Waals surface area contributed by atoms with Crippen molar-refractivity contribution in [2.24, 2.45) is 10.8 Å². The fourth-order valence-corrected chi connectivity index (χ4v) is 8.63. The third-order valence-corrected chi connectivity index (χ3v) is 11.8. The number of Topliss-reactive ketones (excluding diaryl/α,β-unsaturated/α-hetero) is 2. The lowest BCUT2D eigenvalue weighted by Crippen LogP contribution is -2.38. The zero-order chi connectivity index (χ0) is 32.9. The molecule has 2 heterocycles. The molecule has 2 aromatic carbocycles. The summed E-state index contributed by atoms with van der Waals surface area (Å²) < 4.78 is 0. The molecule has 0 amide bonds. The van der Waals surface area contributed by atoms with E-state index in [4.69, 9.17) is 0 Å². The number of carbonyl (C=O) groups excluding carboxylic acids is 3. The molecule has 0 saturated carbocycles. The van der Waals surface area contributed by atoms with E-state index in [-0.39, 0.29) is 11.2 Å². The van der Waals surface area contributed by atoms with Gasteiger partial charge in [-0.25, -0.2) is 0 Å². The second kappa shape index (κ2) is 15.0. The first-order valence-corrected chi connectivity index (χ1v) is 18.4. The van der Waals surface area contributed by atoms with Gasteiger partial charge in [-0.05, 0) is 124 Å². The van der Waals surface area contributed by atoms with Crippen molar-refractivity contribution in [1.82, 2.24) is 10.2 Å². The number of allylic oxidation sites excluding steroid dienone is 4. The van der Waals surface area contributed by atoms with Crippen LogP contribution in [-0.2, 0) is 27.2 Å². The highest BCUT2D eigenvalue weighted by Gasteiger charge is 2.43. The van der Waals surface area contributed by atoms with Gasteiger partial charge in [-0.15, -0.1) is 0 Å². The fourth-order valence-electron chi connectivity index (χ4n) is 8.63. The van der Waals surface area contributed by atoms with Crippen LogP contribution in [-0.4, -0.2) is 55.5 Å². The van der Waals surface area contributed by atoms with Crippen molar-refractivity contribution in [2.45, 2.75) is 104 Å². The van der Waals surface area contributed by atoms with E-state index in [1.54, 1.807) is 0 Å². The number of likely N-dealkylation sites (tertiary alicyclic amines) is 1. The average molecular weight is 635 g/mol. The molecule has 2 unspecified atom stereocenters. The number of hydrogen-bond acceptors (Lipinski definition) is 5. The van der Waals surface area contributed by atoms with Gasteiger partial charge in [-0.1, -0.05) is 75.2 Å². The van der Waals surface area contributed by atoms with Crippen LogP contribution in [0.3, 0.4) is 0 Å². The van der Waals surface area contributed by atoms with Crippen LogP contribution in [0.4, 0.5) is 0 Å². The maximum Gasteiger partial charge on any atom is 0.165 e. The van der Waals surface area contributed by atoms with Crippen LogP contribution in [0, 0.1) is 10.8 Å². The van der Waals surface area contributed by atoms with Crippen molar-refractivity contribution >= 4 is 29.0 Å². The number of rotatable bonds is 5. The smallest absolute Gasteiger partial charge is 0.165 e. The Hall–Kier alpha value is -3.15. The second-order valence-corrected chi connectivity index (χ2v) is 15.2. The minimum atomic E-state index is -0.470. The van der Waals surface area contributed by atoms with Gasteiger partial charge in [-0.2, -0.15) is 0 Å². The largest absolute Gasteiger partial charge is 0.317 e. The summed E-state index contributed by atoms with van der Waals surface area (Å²) in [6.45, 7) is 10.2. The first-order valence-electron chi connectivity index (χ1n) is 18.4. The number of carbonyl (C=O) groups is 3. The maximum atomic E-state index is 13.2. The lowest BCUT2D eigenvalue weighted by Gasteiger charge is -2.36. The Kier molecular flexibility index (Phi) is 10.7. The molecule has 8 rings (SSSR count). The third kappa shape index (κ3) is 7.32. The molecule has 2 aliphatic heterocycles. The monoisotopic (exact) mass is 634 g/mol. The minimum absolute atomic E-state index is 0.141.